The van der Waals surface area contributed by atoms with Crippen LogP contribution in [0, 0.1) is 5.92 Å². The first-order valence-electron chi connectivity index (χ1n) is 6.20. The predicted molar refractivity (Wildman–Crippen MR) is 69.9 cm³/mol. The van der Waals surface area contributed by atoms with Crippen molar-refractivity contribution in [3.63, 3.8) is 0 Å². The standard InChI is InChI=1S/C13H16N4O/c14-11-4-3-10-7-16-17(12(10)5-11)8-13(18)15-6-9-1-2-9/h3-5,7,9H,1-2,6,8,14H2,(H,15,18). The Morgan fingerprint density at radius 3 is 3.11 bits per heavy atom. The van der Waals surface area contributed by atoms with Gasteiger partial charge in [-0.1, -0.05) is 0 Å². The number of hydrogen-bond donors (Lipinski definition) is 2. The van der Waals surface area contributed by atoms with Crippen LogP contribution in [0.5, 0.6) is 0 Å². The van der Waals surface area contributed by atoms with Gasteiger partial charge in [0.1, 0.15) is 6.54 Å². The molecule has 0 unspecified atom stereocenters. The molecule has 0 atom stereocenters. The van der Waals surface area contributed by atoms with Crippen molar-refractivity contribution < 1.29 is 4.79 Å². The van der Waals surface area contributed by atoms with Gasteiger partial charge in [0, 0.05) is 17.6 Å². The first-order chi connectivity index (χ1) is 8.72. The number of carbonyl (C=O) groups excluding carboxylic acids is 1. The van der Waals surface area contributed by atoms with E-state index in [0.717, 1.165) is 17.4 Å². The second-order valence-corrected chi connectivity index (χ2v) is 4.87. The van der Waals surface area contributed by atoms with Gasteiger partial charge in [0.25, 0.3) is 0 Å². The quantitative estimate of drug-likeness (QED) is 0.792. The van der Waals surface area contributed by atoms with Crippen molar-refractivity contribution in [3.8, 4) is 0 Å². The number of nitrogens with zero attached hydrogens (tertiary/aromatic N) is 2. The second kappa shape index (κ2) is 4.33. The molecule has 1 aliphatic rings. The minimum Gasteiger partial charge on any atom is -0.399 e. The fourth-order valence-corrected chi connectivity index (χ4v) is 1.99. The molecule has 0 saturated heterocycles. The SMILES string of the molecule is Nc1ccc2cnn(CC(=O)NCC3CC3)c2c1. The minimum absolute atomic E-state index is 0.00863. The lowest BCUT2D eigenvalue weighted by Crippen LogP contribution is -2.29. The molecule has 0 bridgehead atoms. The third-order valence-corrected chi connectivity index (χ3v) is 3.25. The molecule has 2 aromatic rings. The van der Waals surface area contributed by atoms with Crippen LogP contribution in [0.3, 0.4) is 0 Å². The monoisotopic (exact) mass is 244 g/mol. The Morgan fingerprint density at radius 2 is 2.33 bits per heavy atom. The molecule has 3 rings (SSSR count). The van der Waals surface area contributed by atoms with Crippen LogP contribution in [0.2, 0.25) is 0 Å². The van der Waals surface area contributed by atoms with Crippen LogP contribution in [-0.4, -0.2) is 22.2 Å². The lowest BCUT2D eigenvalue weighted by molar-refractivity contribution is -0.121. The van der Waals surface area contributed by atoms with Crippen molar-refractivity contribution >= 4 is 22.5 Å². The zero-order valence-electron chi connectivity index (χ0n) is 10.1. The van der Waals surface area contributed by atoms with Crippen LogP contribution in [0.1, 0.15) is 12.8 Å². The average Bonchev–Trinajstić information content (AvgIpc) is 3.11. The molecule has 0 spiro atoms. The van der Waals surface area contributed by atoms with Gasteiger partial charge in [-0.3, -0.25) is 9.48 Å². The first kappa shape index (κ1) is 11.1. The molecule has 1 fully saturated rings. The maximum absolute atomic E-state index is 11.8. The molecule has 5 nitrogen and oxygen atoms in total. The van der Waals surface area contributed by atoms with Crippen molar-refractivity contribution in [2.75, 3.05) is 12.3 Å². The number of hydrogen-bond acceptors (Lipinski definition) is 3. The summed E-state index contributed by atoms with van der Waals surface area (Å²) in [6.07, 6.45) is 4.23. The molecule has 0 aliphatic heterocycles. The van der Waals surface area contributed by atoms with Gasteiger partial charge in [-0.15, -0.1) is 0 Å². The van der Waals surface area contributed by atoms with Crippen LogP contribution in [0.15, 0.2) is 24.4 Å². The molecule has 3 N–H and O–H groups in total. The molecule has 1 saturated carbocycles. The van der Waals surface area contributed by atoms with E-state index in [1.54, 1.807) is 10.9 Å². The molecule has 1 amide bonds. The smallest absolute Gasteiger partial charge is 0.241 e. The Bertz CT molecular complexity index is 586. The molecular formula is C13H16N4O. The highest BCUT2D eigenvalue weighted by molar-refractivity contribution is 5.84. The van der Waals surface area contributed by atoms with Crippen molar-refractivity contribution in [1.82, 2.24) is 15.1 Å². The van der Waals surface area contributed by atoms with E-state index in [4.69, 9.17) is 5.73 Å². The van der Waals surface area contributed by atoms with Gasteiger partial charge in [-0.25, -0.2) is 0 Å². The summed E-state index contributed by atoms with van der Waals surface area (Å²) in [5.41, 5.74) is 7.33. The number of amides is 1. The number of nitrogens with one attached hydrogen (secondary N) is 1. The van der Waals surface area contributed by atoms with E-state index < -0.39 is 0 Å². The molecule has 1 aromatic carbocycles. The zero-order valence-corrected chi connectivity index (χ0v) is 10.1. The molecule has 1 aromatic heterocycles. The Morgan fingerprint density at radius 1 is 1.50 bits per heavy atom. The Kier molecular flexibility index (Phi) is 2.66. The number of nitrogen functional groups attached to an aromatic ring is 1. The molecule has 1 heterocycles. The molecule has 1 aliphatic carbocycles. The van der Waals surface area contributed by atoms with Gasteiger partial charge in [-0.05, 0) is 37.0 Å². The van der Waals surface area contributed by atoms with Crippen LogP contribution in [-0.2, 0) is 11.3 Å². The number of carbonyl (C=O) groups is 1. The van der Waals surface area contributed by atoms with E-state index in [1.165, 1.54) is 12.8 Å². The van der Waals surface area contributed by atoms with Crippen LogP contribution < -0.4 is 11.1 Å². The maximum atomic E-state index is 11.8. The summed E-state index contributed by atoms with van der Waals surface area (Å²) in [7, 11) is 0. The summed E-state index contributed by atoms with van der Waals surface area (Å²) in [4.78, 5) is 11.8. The van der Waals surface area contributed by atoms with E-state index in [1.807, 2.05) is 18.2 Å². The molecular weight excluding hydrogens is 228 g/mol. The Hall–Kier alpha value is -2.04. The van der Waals surface area contributed by atoms with Crippen molar-refractivity contribution in [3.05, 3.63) is 24.4 Å². The molecule has 5 heteroatoms. The number of aromatic nitrogens is 2. The van der Waals surface area contributed by atoms with E-state index in [0.29, 0.717) is 11.6 Å². The van der Waals surface area contributed by atoms with Gasteiger partial charge in [0.2, 0.25) is 5.91 Å². The zero-order chi connectivity index (χ0) is 12.5. The van der Waals surface area contributed by atoms with Gasteiger partial charge in [0.15, 0.2) is 0 Å². The third kappa shape index (κ3) is 2.30. The van der Waals surface area contributed by atoms with E-state index in [2.05, 4.69) is 10.4 Å². The van der Waals surface area contributed by atoms with E-state index >= 15 is 0 Å². The molecule has 94 valence electrons. The molecule has 0 radical (unpaired) electrons. The first-order valence-corrected chi connectivity index (χ1v) is 6.20. The van der Waals surface area contributed by atoms with Crippen LogP contribution in [0.25, 0.3) is 10.9 Å². The highest BCUT2D eigenvalue weighted by Crippen LogP contribution is 2.27. The van der Waals surface area contributed by atoms with Crippen LogP contribution in [0.4, 0.5) is 5.69 Å². The van der Waals surface area contributed by atoms with Crippen molar-refractivity contribution in [2.24, 2.45) is 5.92 Å². The fraction of sp³-hybridized carbons (Fsp3) is 0.385. The van der Waals surface area contributed by atoms with Gasteiger partial charge in [-0.2, -0.15) is 5.10 Å². The summed E-state index contributed by atoms with van der Waals surface area (Å²) in [6, 6.07) is 5.59. The topological polar surface area (TPSA) is 72.9 Å². The number of nitrogens with two attached hydrogens (primary N) is 1. The average molecular weight is 244 g/mol. The maximum Gasteiger partial charge on any atom is 0.241 e. The third-order valence-electron chi connectivity index (χ3n) is 3.25. The van der Waals surface area contributed by atoms with E-state index in [9.17, 15) is 4.79 Å². The van der Waals surface area contributed by atoms with E-state index in [-0.39, 0.29) is 12.5 Å². The van der Waals surface area contributed by atoms with Gasteiger partial charge in [0.05, 0.1) is 11.7 Å². The molecule has 18 heavy (non-hydrogen) atoms. The van der Waals surface area contributed by atoms with Gasteiger partial charge >= 0.3 is 0 Å². The highest BCUT2D eigenvalue weighted by atomic mass is 16.2. The lowest BCUT2D eigenvalue weighted by Gasteiger charge is -2.05. The summed E-state index contributed by atoms with van der Waals surface area (Å²) in [5, 5.41) is 8.15. The summed E-state index contributed by atoms with van der Waals surface area (Å²) in [5.74, 6) is 0.702. The minimum atomic E-state index is 0.00863. The van der Waals surface area contributed by atoms with Gasteiger partial charge < -0.3 is 11.1 Å². The predicted octanol–water partition coefficient (Wildman–Crippen LogP) is 1.14. The number of rotatable bonds is 4. The van der Waals surface area contributed by atoms with Crippen molar-refractivity contribution in [1.29, 1.82) is 0 Å². The number of anilines is 1. The highest BCUT2D eigenvalue weighted by Gasteiger charge is 2.21. The lowest BCUT2D eigenvalue weighted by atomic mass is 10.2. The van der Waals surface area contributed by atoms with Crippen LogP contribution >= 0.6 is 0 Å². The number of benzene rings is 1. The largest absolute Gasteiger partial charge is 0.399 e. The Labute approximate surface area is 105 Å². The van der Waals surface area contributed by atoms with Crippen molar-refractivity contribution in [2.45, 2.75) is 19.4 Å². The second-order valence-electron chi connectivity index (χ2n) is 4.87. The summed E-state index contributed by atoms with van der Waals surface area (Å²) < 4.78 is 1.69. The number of fused-ring (bicyclic) bond motifs is 1. The summed E-state index contributed by atoms with van der Waals surface area (Å²) >= 11 is 0. The normalized spacial score (nSPS) is 14.9. The Balaban J connectivity index is 1.72. The summed E-state index contributed by atoms with van der Waals surface area (Å²) in [6.45, 7) is 1.04. The fourth-order valence-electron chi connectivity index (χ4n) is 1.99.